The number of hydrogen-bond acceptors (Lipinski definition) is 4. The molecule has 0 bridgehead atoms. The Hall–Kier alpha value is -0.870. The lowest BCUT2D eigenvalue weighted by Crippen LogP contribution is -2.39. The van der Waals surface area contributed by atoms with Crippen LogP contribution < -0.4 is 10.6 Å². The normalized spacial score (nSPS) is 16.7. The number of hydrogen-bond donors (Lipinski definition) is 2. The van der Waals surface area contributed by atoms with Gasteiger partial charge < -0.3 is 15.2 Å². The van der Waals surface area contributed by atoms with Crippen LogP contribution in [0.1, 0.15) is 0 Å². The fourth-order valence-corrected chi connectivity index (χ4v) is 0.779. The summed E-state index contributed by atoms with van der Waals surface area (Å²) in [5, 5.41) is 9.79. The summed E-state index contributed by atoms with van der Waals surface area (Å²) >= 11 is 0. The van der Waals surface area contributed by atoms with Crippen molar-refractivity contribution in [2.75, 3.05) is 26.2 Å². The van der Waals surface area contributed by atoms with Crippen LogP contribution in [-0.2, 0) is 0 Å². The van der Waals surface area contributed by atoms with Gasteiger partial charge in [0.25, 0.3) is 0 Å². The highest BCUT2D eigenvalue weighted by Crippen LogP contribution is 1.72. The van der Waals surface area contributed by atoms with Gasteiger partial charge in [-0.3, -0.25) is 0 Å². The van der Waals surface area contributed by atoms with Crippen LogP contribution in [0.3, 0.4) is 0 Å². The molecule has 0 aromatic carbocycles. The topological polar surface area (TPSA) is 50.1 Å². The summed E-state index contributed by atoms with van der Waals surface area (Å²) in [6.45, 7) is 4.56. The molecular formula is C7H13N3O. The van der Waals surface area contributed by atoms with E-state index in [9.17, 15) is 0 Å². The molecule has 1 aliphatic rings. The lowest BCUT2D eigenvalue weighted by molar-refractivity contribution is 0.420. The minimum atomic E-state index is 1.14. The van der Waals surface area contributed by atoms with Crippen LogP contribution in [-0.4, -0.2) is 31.3 Å². The van der Waals surface area contributed by atoms with E-state index in [2.05, 4.69) is 20.3 Å². The highest BCUT2D eigenvalue weighted by atomic mass is 16.5. The Bertz CT molecular complexity index is 120. The lowest BCUT2D eigenvalue weighted by Gasteiger charge is -2.11. The van der Waals surface area contributed by atoms with E-state index in [1.807, 2.05) is 0 Å². The minimum Gasteiger partial charge on any atom is -0.365 e. The maximum atomic E-state index is 4.33. The molecule has 1 aromatic heterocycles. The molecule has 2 heterocycles. The summed E-state index contributed by atoms with van der Waals surface area (Å²) in [6, 6.07) is 1.72. The molecule has 0 unspecified atom stereocenters. The Morgan fingerprint density at radius 2 is 1.73 bits per heavy atom. The van der Waals surface area contributed by atoms with Crippen molar-refractivity contribution in [2.45, 2.75) is 0 Å². The molecule has 0 amide bonds. The van der Waals surface area contributed by atoms with Crippen molar-refractivity contribution in [1.29, 1.82) is 0 Å². The molecule has 62 valence electrons. The zero-order chi connectivity index (χ0) is 7.78. The van der Waals surface area contributed by atoms with Crippen molar-refractivity contribution >= 4 is 0 Å². The molecule has 11 heavy (non-hydrogen) atoms. The zero-order valence-electron chi connectivity index (χ0n) is 6.42. The first kappa shape index (κ1) is 8.23. The van der Waals surface area contributed by atoms with Gasteiger partial charge >= 0.3 is 0 Å². The third-order valence-electron chi connectivity index (χ3n) is 1.30. The Kier molecular flexibility index (Phi) is 4.40. The first-order chi connectivity index (χ1) is 5.50. The van der Waals surface area contributed by atoms with Crippen LogP contribution in [0.2, 0.25) is 0 Å². The van der Waals surface area contributed by atoms with Gasteiger partial charge in [0.2, 0.25) is 0 Å². The maximum Gasteiger partial charge on any atom is 0.123 e. The highest BCUT2D eigenvalue weighted by molar-refractivity contribution is 4.67. The number of piperazine rings is 1. The van der Waals surface area contributed by atoms with Gasteiger partial charge in [0.15, 0.2) is 0 Å². The average Bonchev–Trinajstić information content (AvgIpc) is 2.64. The smallest absolute Gasteiger partial charge is 0.123 e. The second kappa shape index (κ2) is 5.88. The number of aromatic nitrogens is 1. The summed E-state index contributed by atoms with van der Waals surface area (Å²) < 4.78 is 4.33. The van der Waals surface area contributed by atoms with E-state index in [1.54, 1.807) is 12.3 Å². The molecular weight excluding hydrogens is 142 g/mol. The van der Waals surface area contributed by atoms with Crippen LogP contribution in [0, 0.1) is 0 Å². The maximum absolute atomic E-state index is 4.33. The lowest BCUT2D eigenvalue weighted by atomic mass is 10.4. The standard InChI is InChI=1S/C4H10N2.C3H3NO/c1-2-6-4-3-5-1;1-2-4-5-3-1/h5-6H,1-4H2;1-3H. The third-order valence-corrected chi connectivity index (χ3v) is 1.30. The SMILES string of the molecule is C1CNCCN1.c1cnoc1. The average molecular weight is 155 g/mol. The van der Waals surface area contributed by atoms with Crippen molar-refractivity contribution in [3.63, 3.8) is 0 Å². The highest BCUT2D eigenvalue weighted by Gasteiger charge is 1.91. The van der Waals surface area contributed by atoms with Crippen LogP contribution in [0.15, 0.2) is 23.0 Å². The summed E-state index contributed by atoms with van der Waals surface area (Å²) in [5.74, 6) is 0. The van der Waals surface area contributed by atoms with E-state index in [4.69, 9.17) is 0 Å². The predicted molar refractivity (Wildman–Crippen MR) is 42.2 cm³/mol. The summed E-state index contributed by atoms with van der Waals surface area (Å²) in [6.07, 6.45) is 3.10. The second-order valence-corrected chi connectivity index (χ2v) is 2.19. The van der Waals surface area contributed by atoms with Crippen molar-refractivity contribution in [1.82, 2.24) is 15.8 Å². The van der Waals surface area contributed by atoms with Gasteiger partial charge in [-0.2, -0.15) is 0 Å². The molecule has 1 aliphatic heterocycles. The third kappa shape index (κ3) is 4.52. The van der Waals surface area contributed by atoms with Gasteiger partial charge in [0.05, 0.1) is 6.20 Å². The van der Waals surface area contributed by atoms with E-state index in [0.717, 1.165) is 26.2 Å². The largest absolute Gasteiger partial charge is 0.365 e. The van der Waals surface area contributed by atoms with E-state index in [-0.39, 0.29) is 0 Å². The summed E-state index contributed by atoms with van der Waals surface area (Å²) in [4.78, 5) is 0. The van der Waals surface area contributed by atoms with Gasteiger partial charge in [0, 0.05) is 26.2 Å². The Morgan fingerprint density at radius 1 is 1.09 bits per heavy atom. The fourth-order valence-electron chi connectivity index (χ4n) is 0.779. The van der Waals surface area contributed by atoms with Gasteiger partial charge in [0.1, 0.15) is 6.26 Å². The molecule has 0 spiro atoms. The molecule has 1 fully saturated rings. The molecule has 0 radical (unpaired) electrons. The predicted octanol–water partition coefficient (Wildman–Crippen LogP) is -0.146. The molecule has 0 atom stereocenters. The molecule has 0 aliphatic carbocycles. The van der Waals surface area contributed by atoms with Gasteiger partial charge in [-0.05, 0) is 6.07 Å². The van der Waals surface area contributed by atoms with E-state index >= 15 is 0 Å². The molecule has 1 saturated heterocycles. The monoisotopic (exact) mass is 155 g/mol. The van der Waals surface area contributed by atoms with Crippen molar-refractivity contribution in [2.24, 2.45) is 0 Å². The summed E-state index contributed by atoms with van der Waals surface area (Å²) in [5.41, 5.74) is 0. The zero-order valence-corrected chi connectivity index (χ0v) is 6.42. The number of nitrogens with zero attached hydrogens (tertiary/aromatic N) is 1. The van der Waals surface area contributed by atoms with E-state index < -0.39 is 0 Å². The molecule has 4 nitrogen and oxygen atoms in total. The molecule has 1 aromatic rings. The van der Waals surface area contributed by atoms with Crippen molar-refractivity contribution in [3.8, 4) is 0 Å². The fraction of sp³-hybridized carbons (Fsp3) is 0.571. The first-order valence-electron chi connectivity index (χ1n) is 3.76. The Labute approximate surface area is 66.0 Å². The summed E-state index contributed by atoms with van der Waals surface area (Å²) in [7, 11) is 0. The van der Waals surface area contributed by atoms with Crippen LogP contribution in [0.4, 0.5) is 0 Å². The number of nitrogens with one attached hydrogen (secondary N) is 2. The van der Waals surface area contributed by atoms with Crippen LogP contribution in [0.5, 0.6) is 0 Å². The van der Waals surface area contributed by atoms with Crippen LogP contribution >= 0.6 is 0 Å². The van der Waals surface area contributed by atoms with Gasteiger partial charge in [-0.25, -0.2) is 0 Å². The molecule has 0 saturated carbocycles. The Balaban J connectivity index is 0.000000112. The van der Waals surface area contributed by atoms with E-state index in [0.29, 0.717) is 0 Å². The molecule has 2 N–H and O–H groups in total. The Morgan fingerprint density at radius 3 is 1.91 bits per heavy atom. The van der Waals surface area contributed by atoms with Gasteiger partial charge in [-0.15, -0.1) is 0 Å². The number of rotatable bonds is 0. The van der Waals surface area contributed by atoms with E-state index in [1.165, 1.54) is 6.26 Å². The van der Waals surface area contributed by atoms with Crippen molar-refractivity contribution in [3.05, 3.63) is 18.5 Å². The quantitative estimate of drug-likeness (QED) is 0.547. The first-order valence-corrected chi connectivity index (χ1v) is 3.76. The van der Waals surface area contributed by atoms with Crippen LogP contribution in [0.25, 0.3) is 0 Å². The molecule has 4 heteroatoms. The van der Waals surface area contributed by atoms with Gasteiger partial charge in [-0.1, -0.05) is 5.16 Å². The molecule has 2 rings (SSSR count). The van der Waals surface area contributed by atoms with Crippen molar-refractivity contribution < 1.29 is 4.52 Å². The second-order valence-electron chi connectivity index (χ2n) is 2.19. The minimum absolute atomic E-state index is 1.14.